The zero-order valence-corrected chi connectivity index (χ0v) is 17.2. The van der Waals surface area contributed by atoms with Gasteiger partial charge >= 0.3 is 0 Å². The number of H-pyrrole nitrogens is 1. The topological polar surface area (TPSA) is 53.0 Å². The molecular formula is C23H30N6. The van der Waals surface area contributed by atoms with Gasteiger partial charge in [0.25, 0.3) is 0 Å². The van der Waals surface area contributed by atoms with E-state index in [1.807, 2.05) is 29.5 Å². The standard InChI is InChI=1S/C23H30N6/c1-18-23(25-17-24-18)16-27-11-21-6-7-22(15-27)28(13-21)12-19-4-2-5-20(10-19)14-29-9-3-8-26-29/h2-5,8-10,17,21-22H,6-7,11-16H2,1H3,(H,24,25)/t21-,22+/m0/s1. The van der Waals surface area contributed by atoms with Crippen LogP contribution in [0.15, 0.2) is 49.1 Å². The minimum atomic E-state index is 0.641. The lowest BCUT2D eigenvalue weighted by atomic mass is 9.94. The molecule has 0 spiro atoms. The van der Waals surface area contributed by atoms with Crippen LogP contribution in [-0.2, 0) is 19.6 Å². The molecule has 29 heavy (non-hydrogen) atoms. The predicted molar refractivity (Wildman–Crippen MR) is 113 cm³/mol. The number of aryl methyl sites for hydroxylation is 1. The molecule has 3 aliphatic heterocycles. The van der Waals surface area contributed by atoms with E-state index in [9.17, 15) is 0 Å². The van der Waals surface area contributed by atoms with Crippen LogP contribution >= 0.6 is 0 Å². The molecule has 3 fully saturated rings. The van der Waals surface area contributed by atoms with Gasteiger partial charge in [0.05, 0.1) is 18.6 Å². The number of aromatic nitrogens is 4. The second kappa shape index (κ2) is 8.13. The van der Waals surface area contributed by atoms with Crippen molar-refractivity contribution >= 4 is 0 Å². The van der Waals surface area contributed by atoms with Gasteiger partial charge in [-0.15, -0.1) is 0 Å². The quantitative estimate of drug-likeness (QED) is 0.703. The summed E-state index contributed by atoms with van der Waals surface area (Å²) in [7, 11) is 0. The fraction of sp³-hybridized carbons (Fsp3) is 0.478. The van der Waals surface area contributed by atoms with Crippen LogP contribution in [-0.4, -0.2) is 55.2 Å². The number of nitrogens with zero attached hydrogens (tertiary/aromatic N) is 5. The smallest absolute Gasteiger partial charge is 0.0925 e. The Balaban J connectivity index is 1.26. The average molecular weight is 391 g/mol. The number of aromatic amines is 1. The number of hydrogen-bond donors (Lipinski definition) is 1. The molecule has 6 rings (SSSR count). The number of nitrogens with one attached hydrogen (secondary N) is 1. The Morgan fingerprint density at radius 2 is 1.93 bits per heavy atom. The largest absolute Gasteiger partial charge is 0.348 e. The van der Waals surface area contributed by atoms with E-state index in [1.54, 1.807) is 0 Å². The highest BCUT2D eigenvalue weighted by Gasteiger charge is 2.34. The lowest BCUT2D eigenvalue weighted by molar-refractivity contribution is 0.123. The zero-order valence-electron chi connectivity index (χ0n) is 17.2. The molecular weight excluding hydrogens is 360 g/mol. The van der Waals surface area contributed by atoms with E-state index in [2.05, 4.69) is 56.1 Å². The van der Waals surface area contributed by atoms with Gasteiger partial charge in [-0.1, -0.05) is 24.3 Å². The Hall–Kier alpha value is -2.44. The van der Waals surface area contributed by atoms with Crippen molar-refractivity contribution in [1.29, 1.82) is 0 Å². The summed E-state index contributed by atoms with van der Waals surface area (Å²) < 4.78 is 1.99. The first kappa shape index (κ1) is 18.6. The predicted octanol–water partition coefficient (Wildman–Crippen LogP) is 3.06. The molecule has 5 heterocycles. The zero-order chi connectivity index (χ0) is 19.6. The first-order valence-corrected chi connectivity index (χ1v) is 10.7. The normalized spacial score (nSPS) is 22.8. The van der Waals surface area contributed by atoms with Crippen molar-refractivity contribution in [3.63, 3.8) is 0 Å². The van der Waals surface area contributed by atoms with Crippen LogP contribution in [0.2, 0.25) is 0 Å². The second-order valence-electron chi connectivity index (χ2n) is 8.72. The van der Waals surface area contributed by atoms with Crippen LogP contribution in [0.25, 0.3) is 0 Å². The van der Waals surface area contributed by atoms with Gasteiger partial charge in [0.15, 0.2) is 0 Å². The van der Waals surface area contributed by atoms with Crippen molar-refractivity contribution in [2.75, 3.05) is 19.6 Å². The summed E-state index contributed by atoms with van der Waals surface area (Å²) in [5, 5.41) is 4.34. The van der Waals surface area contributed by atoms with Crippen molar-refractivity contribution in [1.82, 2.24) is 29.5 Å². The Bertz CT molecular complexity index is 931. The molecule has 3 saturated heterocycles. The number of piperidine rings is 1. The molecule has 0 saturated carbocycles. The van der Waals surface area contributed by atoms with Crippen molar-refractivity contribution < 1.29 is 0 Å². The molecule has 6 heteroatoms. The maximum Gasteiger partial charge on any atom is 0.0925 e. The van der Waals surface area contributed by atoms with E-state index in [1.165, 1.54) is 48.4 Å². The van der Waals surface area contributed by atoms with Crippen LogP contribution < -0.4 is 0 Å². The SMILES string of the molecule is Cc1[nH]cnc1CN1C[C@@H]2CC[C@H](C1)N(Cc1cccc(Cn3cccn3)c1)C2. The third-order valence-corrected chi connectivity index (χ3v) is 6.49. The van der Waals surface area contributed by atoms with Gasteiger partial charge in [0.1, 0.15) is 0 Å². The molecule has 0 amide bonds. The molecule has 1 N–H and O–H groups in total. The van der Waals surface area contributed by atoms with E-state index >= 15 is 0 Å². The highest BCUT2D eigenvalue weighted by atomic mass is 15.3. The fourth-order valence-corrected chi connectivity index (χ4v) is 5.00. The molecule has 0 radical (unpaired) electrons. The van der Waals surface area contributed by atoms with Gasteiger partial charge in [-0.3, -0.25) is 14.5 Å². The lowest BCUT2D eigenvalue weighted by Gasteiger charge is -2.36. The molecule has 2 atom stereocenters. The molecule has 0 unspecified atom stereocenters. The summed E-state index contributed by atoms with van der Waals surface area (Å²) in [6.45, 7) is 8.53. The molecule has 2 aromatic heterocycles. The Morgan fingerprint density at radius 1 is 1.03 bits per heavy atom. The highest BCUT2D eigenvalue weighted by Crippen LogP contribution is 2.30. The van der Waals surface area contributed by atoms with Crippen LogP contribution in [0, 0.1) is 12.8 Å². The van der Waals surface area contributed by atoms with Crippen LogP contribution in [0.5, 0.6) is 0 Å². The fourth-order valence-electron chi connectivity index (χ4n) is 5.00. The molecule has 2 bridgehead atoms. The van der Waals surface area contributed by atoms with Crippen LogP contribution in [0.4, 0.5) is 0 Å². The molecule has 6 nitrogen and oxygen atoms in total. The third-order valence-electron chi connectivity index (χ3n) is 6.49. The van der Waals surface area contributed by atoms with Crippen molar-refractivity contribution in [2.24, 2.45) is 5.92 Å². The van der Waals surface area contributed by atoms with Crippen molar-refractivity contribution in [3.05, 3.63) is 71.6 Å². The van der Waals surface area contributed by atoms with Gasteiger partial charge in [-0.05, 0) is 42.9 Å². The summed E-state index contributed by atoms with van der Waals surface area (Å²) in [6.07, 6.45) is 8.36. The van der Waals surface area contributed by atoms with Crippen LogP contribution in [0.1, 0.15) is 35.4 Å². The van der Waals surface area contributed by atoms with Gasteiger partial charge in [-0.2, -0.15) is 5.10 Å². The minimum Gasteiger partial charge on any atom is -0.348 e. The van der Waals surface area contributed by atoms with E-state index in [-0.39, 0.29) is 0 Å². The Morgan fingerprint density at radius 3 is 2.72 bits per heavy atom. The summed E-state index contributed by atoms with van der Waals surface area (Å²) in [4.78, 5) is 13.1. The first-order chi connectivity index (χ1) is 14.2. The summed E-state index contributed by atoms with van der Waals surface area (Å²) in [6, 6.07) is 11.6. The lowest BCUT2D eigenvalue weighted by Crippen LogP contribution is -2.43. The number of benzene rings is 1. The molecule has 3 aliphatic rings. The van der Waals surface area contributed by atoms with E-state index in [4.69, 9.17) is 0 Å². The molecule has 1 aromatic carbocycles. The third kappa shape index (κ3) is 4.28. The van der Waals surface area contributed by atoms with Gasteiger partial charge in [-0.25, -0.2) is 4.98 Å². The number of rotatable bonds is 6. The van der Waals surface area contributed by atoms with Gasteiger partial charge < -0.3 is 4.98 Å². The van der Waals surface area contributed by atoms with Crippen LogP contribution in [0.3, 0.4) is 0 Å². The maximum absolute atomic E-state index is 4.52. The highest BCUT2D eigenvalue weighted by molar-refractivity contribution is 5.24. The minimum absolute atomic E-state index is 0.641. The monoisotopic (exact) mass is 390 g/mol. The van der Waals surface area contributed by atoms with Crippen molar-refractivity contribution in [3.8, 4) is 0 Å². The summed E-state index contributed by atoms with van der Waals surface area (Å²) >= 11 is 0. The molecule has 0 aliphatic carbocycles. The Labute approximate surface area is 172 Å². The first-order valence-electron chi connectivity index (χ1n) is 10.7. The van der Waals surface area contributed by atoms with Gasteiger partial charge in [0, 0.05) is 56.9 Å². The van der Waals surface area contributed by atoms with Crippen molar-refractivity contribution in [2.45, 2.75) is 45.4 Å². The molecule has 152 valence electrons. The maximum atomic E-state index is 4.52. The number of fused-ring (bicyclic) bond motifs is 4. The van der Waals surface area contributed by atoms with E-state index in [0.29, 0.717) is 6.04 Å². The number of hydrogen-bond acceptors (Lipinski definition) is 4. The average Bonchev–Trinajstić information content (AvgIpc) is 3.27. The number of imidazole rings is 1. The molecule has 3 aromatic rings. The summed E-state index contributed by atoms with van der Waals surface area (Å²) in [5.41, 5.74) is 5.13. The van der Waals surface area contributed by atoms with E-state index in [0.717, 1.165) is 32.1 Å². The Kier molecular flexibility index (Phi) is 5.21. The second-order valence-corrected chi connectivity index (χ2v) is 8.72. The summed E-state index contributed by atoms with van der Waals surface area (Å²) in [5.74, 6) is 0.764. The van der Waals surface area contributed by atoms with E-state index < -0.39 is 0 Å². The van der Waals surface area contributed by atoms with Gasteiger partial charge in [0.2, 0.25) is 0 Å².